The first kappa shape index (κ1) is 45.9. The summed E-state index contributed by atoms with van der Waals surface area (Å²) < 4.78 is 120. The number of amides is 1. The van der Waals surface area contributed by atoms with Crippen LogP contribution < -0.4 is 10.0 Å². The number of anilines is 1. The molecule has 1 amide bonds. The zero-order valence-electron chi connectivity index (χ0n) is 34.0. The van der Waals surface area contributed by atoms with Crippen LogP contribution in [-0.4, -0.2) is 67.0 Å². The average molecular weight is 1150 g/mol. The van der Waals surface area contributed by atoms with Crippen LogP contribution in [-0.2, 0) is 57.0 Å². The normalized spacial score (nSPS) is 17.2. The van der Waals surface area contributed by atoms with Crippen LogP contribution >= 0.6 is 54.9 Å². The first-order chi connectivity index (χ1) is 29.6. The summed E-state index contributed by atoms with van der Waals surface area (Å²) in [6.45, 7) is 2.31. The van der Waals surface area contributed by atoms with E-state index >= 15 is 13.2 Å². The number of pyridine rings is 1. The summed E-state index contributed by atoms with van der Waals surface area (Å²) in [4.78, 5) is 19.2. The maximum absolute atomic E-state index is 15.3. The third-order valence-electron chi connectivity index (χ3n) is 11.3. The Morgan fingerprint density at radius 2 is 1.76 bits per heavy atom. The quantitative estimate of drug-likeness (QED) is 0.0487. The van der Waals surface area contributed by atoms with Gasteiger partial charge in [0.15, 0.2) is 19.8 Å². The van der Waals surface area contributed by atoms with E-state index in [1.165, 1.54) is 30.7 Å². The molecule has 8 rings (SSSR count). The van der Waals surface area contributed by atoms with Crippen LogP contribution in [0.15, 0.2) is 42.5 Å². The van der Waals surface area contributed by atoms with Gasteiger partial charge in [0, 0.05) is 33.7 Å². The third kappa shape index (κ3) is 9.14. The standard InChI is InChI=1S/C42H40ClF4I2N7O5S2/c1-41(2,62(58,59)26-6-7-26)15-13-25-5-10-28(29-11-12-31(43)34-37(29)55(4)53-40(34)54-63(60,61)27-8-9-27)35(50-25)32(19-22-17-23(44)20-24(48)18-22)51-33(57)21-56-38-30(14-16-42(38,46)47)36(52-56)39(45)49-3/h5,10-12,17-18,20,26-27,32,39H,3,6-9,14,16,19,21H2,1-2,4H3,(H,51,57)(H,53,54)/t32-,39?/m0/s1. The van der Waals surface area contributed by atoms with Crippen molar-refractivity contribution < 1.29 is 39.2 Å². The molecule has 2 N–H and O–H groups in total. The Balaban J connectivity index is 1.29. The van der Waals surface area contributed by atoms with Crippen molar-refractivity contribution in [3.63, 3.8) is 0 Å². The molecule has 0 saturated heterocycles. The number of hydrogen-bond donors (Lipinski definition) is 2. The van der Waals surface area contributed by atoms with Crippen molar-refractivity contribution in [2.45, 2.75) is 96.7 Å². The van der Waals surface area contributed by atoms with E-state index in [1.54, 1.807) is 37.4 Å². The first-order valence-electron chi connectivity index (χ1n) is 19.8. The Kier molecular flexibility index (Phi) is 12.4. The lowest BCUT2D eigenvalue weighted by molar-refractivity contribution is -0.122. The number of aromatic nitrogens is 5. The van der Waals surface area contributed by atoms with E-state index in [1.807, 2.05) is 22.6 Å². The van der Waals surface area contributed by atoms with Crippen molar-refractivity contribution in [2.24, 2.45) is 7.05 Å². The zero-order chi connectivity index (χ0) is 45.4. The van der Waals surface area contributed by atoms with Gasteiger partial charge in [0.2, 0.25) is 15.9 Å². The molecule has 0 bridgehead atoms. The number of sulfonamides is 1. The number of rotatable bonds is 14. The molecular weight excluding hydrogens is 1110 g/mol. The number of fused-ring (bicyclic) bond motifs is 2. The average Bonchev–Trinajstić information content (AvgIpc) is 4.14. The molecule has 1 unspecified atom stereocenters. The Bertz CT molecular complexity index is 3000. The van der Waals surface area contributed by atoms with E-state index in [0.29, 0.717) is 51.5 Å². The molecule has 21 heteroatoms. The number of nitrogens with zero attached hydrogens (tertiary/aromatic N) is 5. The van der Waals surface area contributed by atoms with Crippen LogP contribution in [0.1, 0.15) is 90.1 Å². The molecule has 0 spiro atoms. The summed E-state index contributed by atoms with van der Waals surface area (Å²) in [7, 11) is -5.80. The Labute approximate surface area is 390 Å². The molecule has 3 aliphatic rings. The summed E-state index contributed by atoms with van der Waals surface area (Å²) in [5, 5.41) is 11.0. The van der Waals surface area contributed by atoms with Gasteiger partial charge in [-0.25, -0.2) is 30.6 Å². The predicted molar refractivity (Wildman–Crippen MR) is 251 cm³/mol. The van der Waals surface area contributed by atoms with Gasteiger partial charge < -0.3 is 5.32 Å². The number of carbonyl (C=O) groups is 1. The van der Waals surface area contributed by atoms with Gasteiger partial charge in [0.1, 0.15) is 34.2 Å². The minimum atomic E-state index is -3.78. The number of benzene rings is 2. The lowest BCUT2D eigenvalue weighted by Crippen LogP contribution is -2.35. The summed E-state index contributed by atoms with van der Waals surface area (Å²) in [6.07, 6.45) is 1.33. The maximum Gasteiger partial charge on any atom is 0.290 e. The topological polar surface area (TPSA) is 158 Å². The second-order valence-electron chi connectivity index (χ2n) is 16.4. The smallest absolute Gasteiger partial charge is 0.290 e. The van der Waals surface area contributed by atoms with E-state index in [4.69, 9.17) is 16.6 Å². The van der Waals surface area contributed by atoms with E-state index < -0.39 is 102 Å². The van der Waals surface area contributed by atoms with Gasteiger partial charge in [-0.1, -0.05) is 48.8 Å². The molecule has 334 valence electrons. The van der Waals surface area contributed by atoms with Crippen LogP contribution in [0.25, 0.3) is 22.0 Å². The molecule has 2 fully saturated rings. The number of halogens is 7. The number of aryl methyl sites for hydroxylation is 1. The molecule has 3 aliphatic carbocycles. The molecule has 0 radical (unpaired) electrons. The SMILES string of the molecule is C=IC(F)c1nn(CC(=O)N[C@@H](Cc2cc(F)cc(I)c2)c2nc(C#CC(C)(C)S(=O)(=O)C3CC3)ccc2-c2ccc(Cl)c3c(NS(=O)(=O)C4CC4)nn(C)c23)c2c1CCC2(F)F. The molecule has 0 aliphatic heterocycles. The van der Waals surface area contributed by atoms with Gasteiger partial charge in [0.05, 0.1) is 38.2 Å². The minimum absolute atomic E-state index is 0.000878. The van der Waals surface area contributed by atoms with E-state index in [0.717, 1.165) is 4.68 Å². The number of carbonyl (C=O) groups excluding carboxylic acids is 1. The number of alkyl halides is 4. The summed E-state index contributed by atoms with van der Waals surface area (Å²) in [5.41, 5.74) is 1.29. The van der Waals surface area contributed by atoms with E-state index in [-0.39, 0.29) is 51.7 Å². The van der Waals surface area contributed by atoms with Crippen LogP contribution in [0.2, 0.25) is 5.02 Å². The number of sulfone groups is 1. The van der Waals surface area contributed by atoms with Crippen LogP contribution in [0.5, 0.6) is 0 Å². The first-order valence-corrected chi connectivity index (χ1v) is 27.1. The predicted octanol–water partition coefficient (Wildman–Crippen LogP) is 8.35. The largest absolute Gasteiger partial charge is 0.346 e. The lowest BCUT2D eigenvalue weighted by Gasteiger charge is -2.23. The van der Waals surface area contributed by atoms with Crippen molar-refractivity contribution in [3.05, 3.63) is 90.8 Å². The Hall–Kier alpha value is -3.66. The number of hydrogen-bond acceptors (Lipinski definition) is 8. The summed E-state index contributed by atoms with van der Waals surface area (Å²) >= 11 is 7.41. The second-order valence-corrected chi connectivity index (χ2v) is 24.8. The molecule has 3 aromatic heterocycles. The molecule has 3 heterocycles. The fourth-order valence-electron chi connectivity index (χ4n) is 7.88. The third-order valence-corrected chi connectivity index (χ3v) is 18.3. The molecular formula is C42H40ClF4I2N7O5S2. The molecule has 2 atom stereocenters. The van der Waals surface area contributed by atoms with Crippen LogP contribution in [0.4, 0.5) is 23.4 Å². The highest BCUT2D eigenvalue weighted by Gasteiger charge is 2.47. The van der Waals surface area contributed by atoms with Crippen molar-refractivity contribution in [2.75, 3.05) is 4.72 Å². The molecule has 63 heavy (non-hydrogen) atoms. The lowest BCUT2D eigenvalue weighted by atomic mass is 9.93. The van der Waals surface area contributed by atoms with Gasteiger partial charge in [-0.05, 0) is 123 Å². The highest BCUT2D eigenvalue weighted by Crippen LogP contribution is 2.46. The van der Waals surface area contributed by atoms with E-state index in [2.05, 4.69) is 36.6 Å². The van der Waals surface area contributed by atoms with Gasteiger partial charge in [-0.3, -0.25) is 18.9 Å². The Morgan fingerprint density at radius 1 is 1.06 bits per heavy atom. The fraction of sp³-hybridized carbons (Fsp3) is 0.405. The van der Waals surface area contributed by atoms with Crippen LogP contribution in [0.3, 0.4) is 0 Å². The van der Waals surface area contributed by atoms with Crippen molar-refractivity contribution in [1.82, 2.24) is 29.9 Å². The van der Waals surface area contributed by atoms with Gasteiger partial charge in [0.25, 0.3) is 5.92 Å². The highest BCUT2D eigenvalue weighted by atomic mass is 127. The monoisotopic (exact) mass is 1150 g/mol. The van der Waals surface area contributed by atoms with Crippen LogP contribution in [0, 0.1) is 21.2 Å². The summed E-state index contributed by atoms with van der Waals surface area (Å²) in [5.74, 6) is 1.08. The van der Waals surface area contributed by atoms with Gasteiger partial charge >= 0.3 is 0 Å². The molecule has 5 aromatic rings. The van der Waals surface area contributed by atoms with Crippen molar-refractivity contribution in [1.29, 1.82) is 0 Å². The molecule has 12 nitrogen and oxygen atoms in total. The molecule has 2 saturated carbocycles. The highest BCUT2D eigenvalue weighted by molar-refractivity contribution is 14.2. The van der Waals surface area contributed by atoms with Gasteiger partial charge in [-0.2, -0.15) is 19.0 Å². The Morgan fingerprint density at radius 3 is 2.43 bits per heavy atom. The second kappa shape index (κ2) is 17.0. The van der Waals surface area contributed by atoms with E-state index in [9.17, 15) is 26.0 Å². The zero-order valence-corrected chi connectivity index (χ0v) is 40.7. The summed E-state index contributed by atoms with van der Waals surface area (Å²) in [6, 6.07) is 9.61. The molecule has 2 aromatic carbocycles. The minimum Gasteiger partial charge on any atom is -0.346 e. The van der Waals surface area contributed by atoms with Crippen molar-refractivity contribution >= 4 is 102 Å². The van der Waals surface area contributed by atoms with Gasteiger partial charge in [-0.15, -0.1) is 0 Å². The fourth-order valence-corrected chi connectivity index (χ4v) is 12.9. The van der Waals surface area contributed by atoms with Crippen molar-refractivity contribution in [3.8, 4) is 23.0 Å². The maximum atomic E-state index is 15.3. The number of nitrogens with one attached hydrogen (secondary N) is 2.